The van der Waals surface area contributed by atoms with Crippen molar-refractivity contribution >= 4 is 5.69 Å². The highest BCUT2D eigenvalue weighted by Gasteiger charge is 2.19. The molecule has 0 saturated carbocycles. The Morgan fingerprint density at radius 1 is 1.21 bits per heavy atom. The molecule has 2 heterocycles. The molecule has 1 aliphatic rings. The van der Waals surface area contributed by atoms with E-state index in [2.05, 4.69) is 35.9 Å². The highest BCUT2D eigenvalue weighted by Crippen LogP contribution is 2.27. The maximum Gasteiger partial charge on any atom is 0.0569 e. The second-order valence-electron chi connectivity index (χ2n) is 6.15. The van der Waals surface area contributed by atoms with Crippen LogP contribution in [0.15, 0.2) is 18.3 Å². The molecule has 1 aliphatic heterocycles. The van der Waals surface area contributed by atoms with E-state index in [1.54, 1.807) is 0 Å². The summed E-state index contributed by atoms with van der Waals surface area (Å²) in [6.07, 6.45) is 5.93. The predicted octanol–water partition coefficient (Wildman–Crippen LogP) is 3.36. The lowest BCUT2D eigenvalue weighted by Crippen LogP contribution is -2.24. The van der Waals surface area contributed by atoms with E-state index in [0.717, 1.165) is 30.6 Å². The summed E-state index contributed by atoms with van der Waals surface area (Å²) in [5.74, 6) is 1.68. The summed E-state index contributed by atoms with van der Waals surface area (Å²) in [7, 11) is 0. The average molecular weight is 261 g/mol. The first-order chi connectivity index (χ1) is 9.08. The summed E-state index contributed by atoms with van der Waals surface area (Å²) in [6, 6.07) is 4.25. The molecule has 1 saturated heterocycles. The third kappa shape index (κ3) is 3.69. The second kappa shape index (κ2) is 6.38. The zero-order valence-electron chi connectivity index (χ0n) is 12.5. The molecule has 0 aromatic carbocycles. The molecular formula is C16H27N3. The van der Waals surface area contributed by atoms with Gasteiger partial charge in [-0.3, -0.25) is 4.98 Å². The number of nitrogens with zero attached hydrogens (tertiary/aromatic N) is 2. The molecule has 0 radical (unpaired) electrons. The average Bonchev–Trinajstić information content (AvgIpc) is 2.64. The Hall–Kier alpha value is -1.09. The zero-order valence-corrected chi connectivity index (χ0v) is 12.5. The number of aromatic nitrogens is 1. The Kier molecular flexibility index (Phi) is 4.81. The van der Waals surface area contributed by atoms with Crippen LogP contribution in [0.3, 0.4) is 0 Å². The predicted molar refractivity (Wildman–Crippen MR) is 81.2 cm³/mol. The van der Waals surface area contributed by atoms with E-state index >= 15 is 0 Å². The molecule has 0 aliphatic carbocycles. The van der Waals surface area contributed by atoms with Gasteiger partial charge >= 0.3 is 0 Å². The van der Waals surface area contributed by atoms with E-state index in [-0.39, 0.29) is 6.04 Å². The molecule has 0 spiro atoms. The minimum Gasteiger partial charge on any atom is -0.370 e. The van der Waals surface area contributed by atoms with Crippen LogP contribution in [0.2, 0.25) is 0 Å². The van der Waals surface area contributed by atoms with Crippen molar-refractivity contribution in [2.45, 2.75) is 46.1 Å². The van der Waals surface area contributed by atoms with Crippen LogP contribution in [0.25, 0.3) is 0 Å². The van der Waals surface area contributed by atoms with Crippen LogP contribution in [0.1, 0.15) is 51.8 Å². The first-order valence-electron chi connectivity index (χ1n) is 7.54. The molecule has 2 N–H and O–H groups in total. The van der Waals surface area contributed by atoms with Crippen molar-refractivity contribution in [2.75, 3.05) is 18.0 Å². The zero-order chi connectivity index (χ0) is 13.8. The molecule has 2 rings (SSSR count). The highest BCUT2D eigenvalue weighted by atomic mass is 15.1. The normalized spacial score (nSPS) is 22.4. The maximum absolute atomic E-state index is 5.84. The number of pyridine rings is 1. The fourth-order valence-electron chi connectivity index (χ4n) is 2.90. The van der Waals surface area contributed by atoms with Gasteiger partial charge in [0, 0.05) is 19.1 Å². The molecular weight excluding hydrogens is 234 g/mol. The van der Waals surface area contributed by atoms with E-state index in [9.17, 15) is 0 Å². The minimum absolute atomic E-state index is 0.0171. The van der Waals surface area contributed by atoms with Gasteiger partial charge < -0.3 is 10.6 Å². The molecule has 0 bridgehead atoms. The lowest BCUT2D eigenvalue weighted by molar-refractivity contribution is 0.351. The molecule has 2 atom stereocenters. The van der Waals surface area contributed by atoms with Gasteiger partial charge in [0.05, 0.1) is 17.6 Å². The fourth-order valence-corrected chi connectivity index (χ4v) is 2.90. The van der Waals surface area contributed by atoms with Gasteiger partial charge in [0.15, 0.2) is 0 Å². The molecule has 3 nitrogen and oxygen atoms in total. The molecule has 1 aromatic heterocycles. The van der Waals surface area contributed by atoms with Crippen LogP contribution in [0.4, 0.5) is 5.69 Å². The second-order valence-corrected chi connectivity index (χ2v) is 6.15. The summed E-state index contributed by atoms with van der Waals surface area (Å²) in [5, 5.41) is 0. The Morgan fingerprint density at radius 3 is 2.58 bits per heavy atom. The quantitative estimate of drug-likeness (QED) is 0.907. The lowest BCUT2D eigenvalue weighted by atomic mass is 9.89. The number of hydrogen-bond acceptors (Lipinski definition) is 3. The van der Waals surface area contributed by atoms with Crippen LogP contribution < -0.4 is 10.6 Å². The van der Waals surface area contributed by atoms with Gasteiger partial charge in [0.25, 0.3) is 0 Å². The van der Waals surface area contributed by atoms with Gasteiger partial charge in [-0.05, 0) is 50.2 Å². The Bertz CT molecular complexity index is 383. The van der Waals surface area contributed by atoms with E-state index in [4.69, 9.17) is 5.73 Å². The van der Waals surface area contributed by atoms with E-state index < -0.39 is 0 Å². The molecule has 19 heavy (non-hydrogen) atoms. The standard InChI is InChI=1S/C16H27N3/c1-12(2)14-5-4-9-19(10-8-14)15-6-7-16(13(3)17)18-11-15/h6-7,11-14H,4-5,8-10,17H2,1-3H3/t13-,14?/m1/s1. The van der Waals surface area contributed by atoms with E-state index in [1.807, 2.05) is 13.1 Å². The molecule has 3 heteroatoms. The topological polar surface area (TPSA) is 42.1 Å². The lowest BCUT2D eigenvalue weighted by Gasteiger charge is -2.23. The number of nitrogens with two attached hydrogens (primary N) is 1. The van der Waals surface area contributed by atoms with E-state index in [0.29, 0.717) is 0 Å². The fraction of sp³-hybridized carbons (Fsp3) is 0.688. The highest BCUT2D eigenvalue weighted by molar-refractivity contribution is 5.44. The van der Waals surface area contributed by atoms with Crippen molar-refractivity contribution in [3.63, 3.8) is 0 Å². The number of anilines is 1. The van der Waals surface area contributed by atoms with Gasteiger partial charge in [-0.1, -0.05) is 13.8 Å². The van der Waals surface area contributed by atoms with Crippen LogP contribution in [-0.2, 0) is 0 Å². The van der Waals surface area contributed by atoms with Crippen molar-refractivity contribution in [3.05, 3.63) is 24.0 Å². The van der Waals surface area contributed by atoms with Gasteiger partial charge in [0.1, 0.15) is 0 Å². The monoisotopic (exact) mass is 261 g/mol. The van der Waals surface area contributed by atoms with Gasteiger partial charge in [-0.25, -0.2) is 0 Å². The molecule has 1 unspecified atom stereocenters. The van der Waals surface area contributed by atoms with Crippen molar-refractivity contribution in [1.29, 1.82) is 0 Å². The number of rotatable bonds is 3. The Labute approximate surface area is 117 Å². The smallest absolute Gasteiger partial charge is 0.0569 e. The van der Waals surface area contributed by atoms with E-state index in [1.165, 1.54) is 24.9 Å². The first kappa shape index (κ1) is 14.3. The largest absolute Gasteiger partial charge is 0.370 e. The summed E-state index contributed by atoms with van der Waals surface area (Å²) in [5.41, 5.74) is 8.06. The SMILES string of the molecule is CC(C)C1CCCN(c2ccc([C@@H](C)N)nc2)CC1. The molecule has 0 amide bonds. The summed E-state index contributed by atoms with van der Waals surface area (Å²) in [4.78, 5) is 6.94. The van der Waals surface area contributed by atoms with Crippen molar-refractivity contribution < 1.29 is 0 Å². The van der Waals surface area contributed by atoms with Crippen LogP contribution in [0.5, 0.6) is 0 Å². The summed E-state index contributed by atoms with van der Waals surface area (Å²) >= 11 is 0. The first-order valence-corrected chi connectivity index (χ1v) is 7.54. The van der Waals surface area contributed by atoms with Gasteiger partial charge in [-0.15, -0.1) is 0 Å². The molecule has 1 fully saturated rings. The third-order valence-electron chi connectivity index (χ3n) is 4.32. The third-order valence-corrected chi connectivity index (χ3v) is 4.32. The number of hydrogen-bond donors (Lipinski definition) is 1. The van der Waals surface area contributed by atoms with Crippen molar-refractivity contribution in [2.24, 2.45) is 17.6 Å². The van der Waals surface area contributed by atoms with Crippen molar-refractivity contribution in [1.82, 2.24) is 4.98 Å². The van der Waals surface area contributed by atoms with Crippen LogP contribution in [-0.4, -0.2) is 18.1 Å². The summed E-state index contributed by atoms with van der Waals surface area (Å²) < 4.78 is 0. The Balaban J connectivity index is 2.01. The van der Waals surface area contributed by atoms with Crippen molar-refractivity contribution in [3.8, 4) is 0 Å². The summed E-state index contributed by atoms with van der Waals surface area (Å²) in [6.45, 7) is 8.98. The Morgan fingerprint density at radius 2 is 2.00 bits per heavy atom. The van der Waals surface area contributed by atoms with Crippen LogP contribution in [0, 0.1) is 11.8 Å². The van der Waals surface area contributed by atoms with Gasteiger partial charge in [0.2, 0.25) is 0 Å². The molecule has 1 aromatic rings. The molecule has 106 valence electrons. The van der Waals surface area contributed by atoms with Crippen LogP contribution >= 0.6 is 0 Å². The van der Waals surface area contributed by atoms with Gasteiger partial charge in [-0.2, -0.15) is 0 Å². The maximum atomic E-state index is 5.84. The minimum atomic E-state index is 0.0171.